The molecule has 106 valence electrons. The average molecular weight is 291 g/mol. The van der Waals surface area contributed by atoms with Crippen LogP contribution in [0.3, 0.4) is 0 Å². The van der Waals surface area contributed by atoms with Crippen LogP contribution in [0.5, 0.6) is 0 Å². The van der Waals surface area contributed by atoms with Gasteiger partial charge in [0, 0.05) is 32.2 Å². The molecule has 0 unspecified atom stereocenters. The summed E-state index contributed by atoms with van der Waals surface area (Å²) in [6.07, 6.45) is 2.48. The largest absolute Gasteiger partial charge is 0.298 e. The van der Waals surface area contributed by atoms with Gasteiger partial charge in [0.2, 0.25) is 10.0 Å². The van der Waals surface area contributed by atoms with E-state index in [9.17, 15) is 8.42 Å². The molecule has 0 N–H and O–H groups in total. The zero-order valence-electron chi connectivity index (χ0n) is 11.2. The Morgan fingerprint density at radius 2 is 1.75 bits per heavy atom. The van der Waals surface area contributed by atoms with Gasteiger partial charge in [-0.25, -0.2) is 8.42 Å². The summed E-state index contributed by atoms with van der Waals surface area (Å²) >= 11 is 0. The van der Waals surface area contributed by atoms with Gasteiger partial charge in [-0.15, -0.1) is 0 Å². The van der Waals surface area contributed by atoms with Gasteiger partial charge < -0.3 is 0 Å². The van der Waals surface area contributed by atoms with Gasteiger partial charge in [0.05, 0.1) is 10.5 Å². The number of piperazine rings is 1. The van der Waals surface area contributed by atoms with Crippen LogP contribution >= 0.6 is 0 Å². The lowest BCUT2D eigenvalue weighted by Crippen LogP contribution is -2.49. The highest BCUT2D eigenvalue weighted by atomic mass is 32.2. The summed E-state index contributed by atoms with van der Waals surface area (Å²) in [4.78, 5) is 2.49. The van der Waals surface area contributed by atoms with Gasteiger partial charge in [0.15, 0.2) is 0 Å². The van der Waals surface area contributed by atoms with Crippen molar-refractivity contribution in [1.29, 1.82) is 5.26 Å². The maximum atomic E-state index is 12.6. The molecule has 0 aromatic heterocycles. The molecule has 0 radical (unpaired) electrons. The van der Waals surface area contributed by atoms with E-state index >= 15 is 0 Å². The molecule has 2 aliphatic rings. The number of rotatable bonds is 3. The van der Waals surface area contributed by atoms with Crippen LogP contribution in [0, 0.1) is 11.3 Å². The van der Waals surface area contributed by atoms with Crippen LogP contribution in [0.25, 0.3) is 0 Å². The summed E-state index contributed by atoms with van der Waals surface area (Å²) in [6.45, 7) is 2.61. The van der Waals surface area contributed by atoms with Crippen LogP contribution in [0.4, 0.5) is 0 Å². The molecule has 20 heavy (non-hydrogen) atoms. The first kappa shape index (κ1) is 13.6. The van der Waals surface area contributed by atoms with Crippen LogP contribution in [-0.4, -0.2) is 49.8 Å². The number of benzene rings is 1. The van der Waals surface area contributed by atoms with Crippen molar-refractivity contribution in [3.63, 3.8) is 0 Å². The number of sulfonamides is 1. The average Bonchev–Trinajstić information content (AvgIpc) is 3.32. The Morgan fingerprint density at radius 3 is 2.35 bits per heavy atom. The fraction of sp³-hybridized carbons (Fsp3) is 0.500. The molecule has 0 amide bonds. The van der Waals surface area contributed by atoms with Crippen molar-refractivity contribution in [3.8, 4) is 6.07 Å². The summed E-state index contributed by atoms with van der Waals surface area (Å²) < 4.78 is 26.7. The van der Waals surface area contributed by atoms with E-state index in [-0.39, 0.29) is 10.5 Å². The highest BCUT2D eigenvalue weighted by Gasteiger charge is 2.35. The highest BCUT2D eigenvalue weighted by Crippen LogP contribution is 2.29. The van der Waals surface area contributed by atoms with Crippen LogP contribution in [0.2, 0.25) is 0 Å². The Labute approximate surface area is 119 Å². The van der Waals surface area contributed by atoms with Crippen LogP contribution < -0.4 is 0 Å². The minimum absolute atomic E-state index is 0.127. The molecule has 0 atom stereocenters. The van der Waals surface area contributed by atoms with Crippen molar-refractivity contribution >= 4 is 10.0 Å². The van der Waals surface area contributed by atoms with Crippen molar-refractivity contribution in [2.45, 2.75) is 23.8 Å². The molecule has 1 aromatic carbocycles. The van der Waals surface area contributed by atoms with E-state index in [1.54, 1.807) is 18.2 Å². The third kappa shape index (κ3) is 2.44. The number of hydrogen-bond acceptors (Lipinski definition) is 4. The normalized spacial score (nSPS) is 21.6. The summed E-state index contributed by atoms with van der Waals surface area (Å²) in [5, 5.41) is 9.06. The van der Waals surface area contributed by atoms with Gasteiger partial charge >= 0.3 is 0 Å². The Bertz CT molecular complexity index is 639. The van der Waals surface area contributed by atoms with Gasteiger partial charge in [-0.05, 0) is 25.0 Å². The first-order chi connectivity index (χ1) is 9.63. The first-order valence-corrected chi connectivity index (χ1v) is 8.30. The maximum Gasteiger partial charge on any atom is 0.244 e. The topological polar surface area (TPSA) is 64.4 Å². The Balaban J connectivity index is 1.80. The van der Waals surface area contributed by atoms with Gasteiger partial charge in [0.25, 0.3) is 0 Å². The molecular formula is C14H17N3O2S. The second-order valence-corrected chi connectivity index (χ2v) is 7.19. The zero-order chi connectivity index (χ0) is 14.2. The predicted molar refractivity (Wildman–Crippen MR) is 74.5 cm³/mol. The quantitative estimate of drug-likeness (QED) is 0.834. The number of hydrogen-bond donors (Lipinski definition) is 0. The molecule has 6 heteroatoms. The van der Waals surface area contributed by atoms with Gasteiger partial charge in [-0.3, -0.25) is 4.90 Å². The molecule has 1 saturated carbocycles. The molecule has 3 rings (SSSR count). The molecule has 1 saturated heterocycles. The third-order valence-corrected chi connectivity index (χ3v) is 5.92. The standard InChI is InChI=1S/C14H17N3O2S/c15-11-12-3-1-2-4-14(12)20(18,19)17-9-7-16(8-10-17)13-5-6-13/h1-4,13H,5-10H2. The molecular weight excluding hydrogens is 274 g/mol. The van der Waals surface area contributed by atoms with Gasteiger partial charge in [0.1, 0.15) is 6.07 Å². The molecule has 5 nitrogen and oxygen atoms in total. The Kier molecular flexibility index (Phi) is 3.50. The van der Waals surface area contributed by atoms with Crippen molar-refractivity contribution in [1.82, 2.24) is 9.21 Å². The molecule has 1 aliphatic carbocycles. The van der Waals surface area contributed by atoms with Crippen LogP contribution in [-0.2, 0) is 10.0 Å². The lowest BCUT2D eigenvalue weighted by molar-refractivity contribution is 0.180. The van der Waals surface area contributed by atoms with Gasteiger partial charge in [-0.2, -0.15) is 9.57 Å². The SMILES string of the molecule is N#Cc1ccccc1S(=O)(=O)N1CCN(C2CC2)CC1. The second-order valence-electron chi connectivity index (χ2n) is 5.28. The molecule has 0 bridgehead atoms. The molecule has 1 heterocycles. The van der Waals surface area contributed by atoms with E-state index in [1.807, 2.05) is 6.07 Å². The van der Waals surface area contributed by atoms with E-state index < -0.39 is 10.0 Å². The summed E-state index contributed by atoms with van der Waals surface area (Å²) in [6, 6.07) is 9.04. The lowest BCUT2D eigenvalue weighted by Gasteiger charge is -2.34. The monoisotopic (exact) mass is 291 g/mol. The predicted octanol–water partition coefficient (Wildman–Crippen LogP) is 1.03. The molecule has 1 aromatic rings. The molecule has 1 aliphatic heterocycles. The van der Waals surface area contributed by atoms with Gasteiger partial charge in [-0.1, -0.05) is 12.1 Å². The van der Waals surface area contributed by atoms with Crippen LogP contribution in [0.1, 0.15) is 18.4 Å². The van der Waals surface area contributed by atoms with Crippen molar-refractivity contribution in [2.24, 2.45) is 0 Å². The van der Waals surface area contributed by atoms with Crippen molar-refractivity contribution < 1.29 is 8.42 Å². The highest BCUT2D eigenvalue weighted by molar-refractivity contribution is 7.89. The van der Waals surface area contributed by atoms with Crippen molar-refractivity contribution in [3.05, 3.63) is 29.8 Å². The number of nitriles is 1. The fourth-order valence-corrected chi connectivity index (χ4v) is 4.24. The van der Waals surface area contributed by atoms with Crippen molar-refractivity contribution in [2.75, 3.05) is 26.2 Å². The lowest BCUT2D eigenvalue weighted by atomic mass is 10.2. The zero-order valence-corrected chi connectivity index (χ0v) is 12.0. The second kappa shape index (κ2) is 5.17. The van der Waals surface area contributed by atoms with Crippen LogP contribution in [0.15, 0.2) is 29.2 Å². The van der Waals surface area contributed by atoms with E-state index in [0.717, 1.165) is 13.1 Å². The fourth-order valence-electron chi connectivity index (χ4n) is 2.67. The summed E-state index contributed by atoms with van der Waals surface area (Å²) in [5.41, 5.74) is 0.220. The third-order valence-electron chi connectivity index (χ3n) is 3.96. The molecule has 2 fully saturated rings. The minimum atomic E-state index is -3.55. The summed E-state index contributed by atoms with van der Waals surface area (Å²) in [5.74, 6) is 0. The maximum absolute atomic E-state index is 12.6. The Hall–Kier alpha value is -1.42. The van der Waals surface area contributed by atoms with E-state index in [0.29, 0.717) is 19.1 Å². The smallest absolute Gasteiger partial charge is 0.244 e. The van der Waals surface area contributed by atoms with E-state index in [2.05, 4.69) is 4.90 Å². The number of nitrogens with zero attached hydrogens (tertiary/aromatic N) is 3. The first-order valence-electron chi connectivity index (χ1n) is 6.86. The van der Waals surface area contributed by atoms with E-state index in [4.69, 9.17) is 5.26 Å². The molecule has 0 spiro atoms. The Morgan fingerprint density at radius 1 is 1.10 bits per heavy atom. The summed E-state index contributed by atoms with van der Waals surface area (Å²) in [7, 11) is -3.55. The van der Waals surface area contributed by atoms with E-state index in [1.165, 1.54) is 23.2 Å². The minimum Gasteiger partial charge on any atom is -0.298 e.